The summed E-state index contributed by atoms with van der Waals surface area (Å²) in [6.07, 6.45) is 7.54. The fourth-order valence-corrected chi connectivity index (χ4v) is 2.33. The van der Waals surface area contributed by atoms with Crippen LogP contribution in [0, 0.1) is 5.92 Å². The Morgan fingerprint density at radius 2 is 1.85 bits per heavy atom. The van der Waals surface area contributed by atoms with Crippen molar-refractivity contribution in [2.45, 2.75) is 45.4 Å². The Balaban J connectivity index is 3.50. The highest BCUT2D eigenvalue weighted by atomic mass is 32.2. The number of carboxylic acids is 1. The number of hydrogen-bond acceptors (Lipinski definition) is 3. The van der Waals surface area contributed by atoms with Crippen LogP contribution in [0.15, 0.2) is 0 Å². The van der Waals surface area contributed by atoms with Crippen LogP contribution in [0.5, 0.6) is 0 Å². The molecule has 0 aliphatic heterocycles. The highest BCUT2D eigenvalue weighted by molar-refractivity contribution is 7.98. The molecule has 0 heterocycles. The molecule has 0 aromatic carbocycles. The topological polar surface area (TPSA) is 78.4 Å². The number of urea groups is 1. The Kier molecular flexibility index (Phi) is 12.5. The van der Waals surface area contributed by atoms with Crippen LogP contribution < -0.4 is 10.6 Å². The number of hydrogen-bond donors (Lipinski definition) is 3. The molecule has 0 saturated carbocycles. The quantitative estimate of drug-likeness (QED) is 0.484. The van der Waals surface area contributed by atoms with Crippen molar-refractivity contribution < 1.29 is 14.7 Å². The van der Waals surface area contributed by atoms with Crippen molar-refractivity contribution in [1.82, 2.24) is 10.6 Å². The van der Waals surface area contributed by atoms with Gasteiger partial charge in [0, 0.05) is 19.5 Å². The third-order valence-electron chi connectivity index (χ3n) is 3.15. The van der Waals surface area contributed by atoms with Gasteiger partial charge in [-0.15, -0.1) is 0 Å². The maximum absolute atomic E-state index is 11.5. The zero-order valence-corrected chi connectivity index (χ0v) is 13.4. The Hall–Kier alpha value is -0.910. The summed E-state index contributed by atoms with van der Waals surface area (Å²) in [5, 5.41) is 14.2. The molecule has 1 atom stereocenters. The number of carbonyl (C=O) groups excluding carboxylic acids is 1. The first-order chi connectivity index (χ1) is 9.60. The number of nitrogens with one attached hydrogen (secondary N) is 2. The smallest absolute Gasteiger partial charge is 0.314 e. The second kappa shape index (κ2) is 13.1. The molecule has 0 rings (SSSR count). The van der Waals surface area contributed by atoms with Crippen molar-refractivity contribution in [2.24, 2.45) is 5.92 Å². The minimum atomic E-state index is -0.815. The largest absolute Gasteiger partial charge is 0.481 e. The lowest BCUT2D eigenvalue weighted by Crippen LogP contribution is -2.39. The molecule has 2 amide bonds. The average Bonchev–Trinajstić information content (AvgIpc) is 2.42. The second-order valence-electron chi connectivity index (χ2n) is 4.92. The van der Waals surface area contributed by atoms with Crippen molar-refractivity contribution in [3.63, 3.8) is 0 Å². The van der Waals surface area contributed by atoms with Crippen LogP contribution in [0.1, 0.15) is 45.4 Å². The number of unbranched alkanes of at least 4 members (excludes halogenated alkanes) is 3. The van der Waals surface area contributed by atoms with Gasteiger partial charge in [0.05, 0.1) is 0 Å². The first-order valence-electron chi connectivity index (χ1n) is 7.32. The zero-order chi connectivity index (χ0) is 15.2. The molecule has 0 saturated heterocycles. The van der Waals surface area contributed by atoms with E-state index >= 15 is 0 Å². The van der Waals surface area contributed by atoms with E-state index in [4.69, 9.17) is 5.11 Å². The van der Waals surface area contributed by atoms with Crippen LogP contribution in [-0.4, -0.2) is 42.2 Å². The van der Waals surface area contributed by atoms with Crippen LogP contribution in [0.4, 0.5) is 4.79 Å². The lowest BCUT2D eigenvalue weighted by Gasteiger charge is -2.14. The number of carboxylic acid groups (broad SMARTS) is 1. The van der Waals surface area contributed by atoms with Gasteiger partial charge in [0.1, 0.15) is 0 Å². The normalized spacial score (nSPS) is 11.9. The second-order valence-corrected chi connectivity index (χ2v) is 5.90. The van der Waals surface area contributed by atoms with Crippen LogP contribution in [-0.2, 0) is 4.79 Å². The van der Waals surface area contributed by atoms with Gasteiger partial charge in [0.2, 0.25) is 0 Å². The van der Waals surface area contributed by atoms with Crippen LogP contribution in [0.3, 0.4) is 0 Å². The van der Waals surface area contributed by atoms with Gasteiger partial charge in [0.25, 0.3) is 0 Å². The third-order valence-corrected chi connectivity index (χ3v) is 3.85. The van der Waals surface area contributed by atoms with E-state index in [1.54, 1.807) is 0 Å². The minimum Gasteiger partial charge on any atom is -0.481 e. The molecule has 0 spiro atoms. The maximum Gasteiger partial charge on any atom is 0.314 e. The van der Waals surface area contributed by atoms with Gasteiger partial charge in [-0.3, -0.25) is 4.79 Å². The summed E-state index contributed by atoms with van der Waals surface area (Å²) < 4.78 is 0. The Morgan fingerprint density at radius 3 is 2.45 bits per heavy atom. The predicted octanol–water partition coefficient (Wildman–Crippen LogP) is 2.71. The molecule has 118 valence electrons. The molecule has 6 heteroatoms. The van der Waals surface area contributed by atoms with Crippen molar-refractivity contribution in [1.29, 1.82) is 0 Å². The fraction of sp³-hybridized carbons (Fsp3) is 0.857. The van der Waals surface area contributed by atoms with E-state index in [1.807, 2.05) is 18.7 Å². The molecular weight excluding hydrogens is 276 g/mol. The van der Waals surface area contributed by atoms with Gasteiger partial charge in [-0.2, -0.15) is 11.8 Å². The standard InChI is InChI=1S/C14H28N2O3S/c1-3-12(10-13(17)18)11-16-14(19)15-8-6-4-5-7-9-20-2/h12H,3-11H2,1-2H3,(H,17,18)(H2,15,16,19). The highest BCUT2D eigenvalue weighted by Crippen LogP contribution is 2.06. The Morgan fingerprint density at radius 1 is 1.15 bits per heavy atom. The van der Waals surface area contributed by atoms with E-state index in [2.05, 4.69) is 16.9 Å². The zero-order valence-electron chi connectivity index (χ0n) is 12.6. The number of rotatable bonds is 12. The third kappa shape index (κ3) is 12.1. The highest BCUT2D eigenvalue weighted by Gasteiger charge is 2.12. The van der Waals surface area contributed by atoms with Crippen LogP contribution >= 0.6 is 11.8 Å². The minimum absolute atomic E-state index is 0.00444. The van der Waals surface area contributed by atoms with E-state index in [0.717, 1.165) is 19.3 Å². The van der Waals surface area contributed by atoms with Crippen molar-refractivity contribution in [3.05, 3.63) is 0 Å². The maximum atomic E-state index is 11.5. The molecule has 1 unspecified atom stereocenters. The molecule has 0 bridgehead atoms. The summed E-state index contributed by atoms with van der Waals surface area (Å²) >= 11 is 1.86. The number of carbonyl (C=O) groups is 2. The first-order valence-corrected chi connectivity index (χ1v) is 8.72. The summed E-state index contributed by atoms with van der Waals surface area (Å²) in [5.74, 6) is 0.393. The summed E-state index contributed by atoms with van der Waals surface area (Å²) in [6.45, 7) is 3.03. The lowest BCUT2D eigenvalue weighted by atomic mass is 10.0. The summed E-state index contributed by atoms with van der Waals surface area (Å²) in [6, 6.07) is -0.196. The van der Waals surface area contributed by atoms with Crippen molar-refractivity contribution in [2.75, 3.05) is 25.1 Å². The lowest BCUT2D eigenvalue weighted by molar-refractivity contribution is -0.138. The van der Waals surface area contributed by atoms with E-state index in [1.165, 1.54) is 18.6 Å². The molecule has 3 N–H and O–H groups in total. The van der Waals surface area contributed by atoms with E-state index in [-0.39, 0.29) is 18.4 Å². The Labute approximate surface area is 126 Å². The number of thioether (sulfide) groups is 1. The SMILES string of the molecule is CCC(CNC(=O)NCCCCCCSC)CC(=O)O. The van der Waals surface area contributed by atoms with Gasteiger partial charge < -0.3 is 15.7 Å². The molecule has 0 fully saturated rings. The fourth-order valence-electron chi connectivity index (χ4n) is 1.83. The van der Waals surface area contributed by atoms with E-state index in [9.17, 15) is 9.59 Å². The molecule has 20 heavy (non-hydrogen) atoms. The van der Waals surface area contributed by atoms with E-state index in [0.29, 0.717) is 13.1 Å². The number of amides is 2. The molecule has 0 aromatic heterocycles. The molecule has 0 aliphatic carbocycles. The summed E-state index contributed by atoms with van der Waals surface area (Å²) in [5.41, 5.74) is 0. The molecular formula is C14H28N2O3S. The monoisotopic (exact) mass is 304 g/mol. The first kappa shape index (κ1) is 19.1. The molecule has 0 aliphatic rings. The summed E-state index contributed by atoms with van der Waals surface area (Å²) in [7, 11) is 0. The van der Waals surface area contributed by atoms with Crippen molar-refractivity contribution >= 4 is 23.8 Å². The van der Waals surface area contributed by atoms with Gasteiger partial charge in [0.15, 0.2) is 0 Å². The van der Waals surface area contributed by atoms with Crippen LogP contribution in [0.2, 0.25) is 0 Å². The predicted molar refractivity (Wildman–Crippen MR) is 84.3 cm³/mol. The number of aliphatic carboxylic acids is 1. The van der Waals surface area contributed by atoms with Gasteiger partial charge >= 0.3 is 12.0 Å². The molecule has 5 nitrogen and oxygen atoms in total. The molecule has 0 radical (unpaired) electrons. The molecule has 0 aromatic rings. The van der Waals surface area contributed by atoms with E-state index < -0.39 is 5.97 Å². The van der Waals surface area contributed by atoms with Gasteiger partial charge in [-0.25, -0.2) is 4.79 Å². The van der Waals surface area contributed by atoms with Crippen LogP contribution in [0.25, 0.3) is 0 Å². The Bertz CT molecular complexity index is 275. The van der Waals surface area contributed by atoms with Gasteiger partial charge in [-0.05, 0) is 30.8 Å². The summed E-state index contributed by atoms with van der Waals surface area (Å²) in [4.78, 5) is 22.1. The van der Waals surface area contributed by atoms with Gasteiger partial charge in [-0.1, -0.05) is 26.2 Å². The van der Waals surface area contributed by atoms with Crippen molar-refractivity contribution in [3.8, 4) is 0 Å². The average molecular weight is 304 g/mol.